The Bertz CT molecular complexity index is 871. The second-order valence-corrected chi connectivity index (χ2v) is 10.1. The van der Waals surface area contributed by atoms with Gasteiger partial charge in [0.25, 0.3) is 0 Å². The highest BCUT2D eigenvalue weighted by molar-refractivity contribution is 5.46. The summed E-state index contributed by atoms with van der Waals surface area (Å²) in [6.45, 7) is 17.6. The first kappa shape index (κ1) is 29.1. The van der Waals surface area contributed by atoms with E-state index < -0.39 is 0 Å². The van der Waals surface area contributed by atoms with E-state index in [0.29, 0.717) is 24.6 Å². The summed E-state index contributed by atoms with van der Waals surface area (Å²) in [5.41, 5.74) is 6.24. The molecular formula is C29H48N4O2. The molecule has 0 aromatic heterocycles. The van der Waals surface area contributed by atoms with Crippen molar-refractivity contribution in [3.63, 3.8) is 0 Å². The smallest absolute Gasteiger partial charge is 0.124 e. The molecule has 0 aliphatic carbocycles. The molecule has 0 saturated heterocycles. The fraction of sp³-hybridized carbons (Fsp3) is 0.586. The molecule has 2 rings (SSSR count). The first-order valence-corrected chi connectivity index (χ1v) is 13.1. The van der Waals surface area contributed by atoms with E-state index in [1.165, 1.54) is 11.1 Å². The molecule has 2 aromatic carbocycles. The van der Waals surface area contributed by atoms with Crippen molar-refractivity contribution in [2.75, 3.05) is 40.3 Å². The lowest BCUT2D eigenvalue weighted by Gasteiger charge is -2.24. The Labute approximate surface area is 213 Å². The number of aromatic hydroxyl groups is 2. The van der Waals surface area contributed by atoms with Crippen molar-refractivity contribution in [2.45, 2.75) is 73.1 Å². The average molecular weight is 485 g/mol. The molecule has 6 nitrogen and oxygen atoms in total. The molecule has 2 aromatic rings. The zero-order chi connectivity index (χ0) is 26.1. The highest BCUT2D eigenvalue weighted by Gasteiger charge is 2.17. The van der Waals surface area contributed by atoms with Crippen LogP contribution in [0.15, 0.2) is 24.3 Å². The van der Waals surface area contributed by atoms with Crippen molar-refractivity contribution in [2.24, 2.45) is 0 Å². The zero-order valence-corrected chi connectivity index (χ0v) is 23.2. The fourth-order valence-electron chi connectivity index (χ4n) is 4.85. The summed E-state index contributed by atoms with van der Waals surface area (Å²) < 4.78 is 0. The normalized spacial score (nSPS) is 13.5. The van der Waals surface area contributed by atoms with E-state index >= 15 is 0 Å². The van der Waals surface area contributed by atoms with E-state index in [1.54, 1.807) is 0 Å². The van der Waals surface area contributed by atoms with Crippen LogP contribution in [0.1, 0.15) is 79.6 Å². The third-order valence-corrected chi connectivity index (χ3v) is 6.64. The lowest BCUT2D eigenvalue weighted by atomic mass is 9.99. The van der Waals surface area contributed by atoms with Gasteiger partial charge in [0, 0.05) is 47.4 Å². The quantitative estimate of drug-likeness (QED) is 0.302. The van der Waals surface area contributed by atoms with E-state index in [1.807, 2.05) is 0 Å². The van der Waals surface area contributed by atoms with Crippen molar-refractivity contribution in [1.82, 2.24) is 20.4 Å². The highest BCUT2D eigenvalue weighted by Crippen LogP contribution is 2.31. The van der Waals surface area contributed by atoms with Crippen LogP contribution >= 0.6 is 0 Å². The fourth-order valence-corrected chi connectivity index (χ4v) is 4.85. The van der Waals surface area contributed by atoms with Gasteiger partial charge >= 0.3 is 0 Å². The Morgan fingerprint density at radius 1 is 0.714 bits per heavy atom. The average Bonchev–Trinajstić information content (AvgIpc) is 2.78. The van der Waals surface area contributed by atoms with Crippen molar-refractivity contribution in [1.29, 1.82) is 0 Å². The Hall–Kier alpha value is -2.12. The lowest BCUT2D eigenvalue weighted by Crippen LogP contribution is -2.26. The minimum atomic E-state index is 0.122. The Kier molecular flexibility index (Phi) is 11.5. The van der Waals surface area contributed by atoms with Crippen LogP contribution in [0, 0.1) is 13.8 Å². The number of nitrogens with one attached hydrogen (secondary N) is 2. The van der Waals surface area contributed by atoms with Crippen LogP contribution < -0.4 is 10.6 Å². The molecule has 0 aliphatic heterocycles. The van der Waals surface area contributed by atoms with Crippen molar-refractivity contribution in [3.05, 3.63) is 57.6 Å². The van der Waals surface area contributed by atoms with E-state index in [4.69, 9.17) is 0 Å². The monoisotopic (exact) mass is 484 g/mol. The number of hydrogen-bond donors (Lipinski definition) is 4. The standard InChI is InChI=1S/C29H48N4O2/c1-9-30-22(5)26-16-20(3)14-24(28(26)34)18-32(7)12-11-13-33(8)19-25-15-21(4)17-27(29(25)35)23(6)31-10-2/h14-17,22-23,30-31,34-35H,9-13,18-19H2,1-8H3. The van der Waals surface area contributed by atoms with Gasteiger partial charge in [-0.05, 0) is 74.4 Å². The third kappa shape index (κ3) is 8.50. The van der Waals surface area contributed by atoms with Crippen LogP contribution in [0.3, 0.4) is 0 Å². The summed E-state index contributed by atoms with van der Waals surface area (Å²) in [6, 6.07) is 8.58. The molecule has 0 radical (unpaired) electrons. The van der Waals surface area contributed by atoms with Gasteiger partial charge in [0.15, 0.2) is 0 Å². The second kappa shape index (κ2) is 13.8. The molecular weight excluding hydrogens is 436 g/mol. The summed E-state index contributed by atoms with van der Waals surface area (Å²) in [4.78, 5) is 4.54. The number of phenols is 2. The molecule has 0 amide bonds. The van der Waals surface area contributed by atoms with E-state index in [-0.39, 0.29) is 12.1 Å². The lowest BCUT2D eigenvalue weighted by molar-refractivity contribution is 0.265. The van der Waals surface area contributed by atoms with Gasteiger partial charge in [-0.15, -0.1) is 0 Å². The summed E-state index contributed by atoms with van der Waals surface area (Å²) in [5.74, 6) is 0.816. The predicted octanol–water partition coefficient (Wildman–Crippen LogP) is 5.01. The van der Waals surface area contributed by atoms with Crippen molar-refractivity contribution >= 4 is 0 Å². The maximum absolute atomic E-state index is 10.9. The zero-order valence-electron chi connectivity index (χ0n) is 23.2. The van der Waals surface area contributed by atoms with Crippen LogP contribution in [0.2, 0.25) is 0 Å². The molecule has 0 heterocycles. The maximum Gasteiger partial charge on any atom is 0.124 e. The van der Waals surface area contributed by atoms with Crippen LogP contribution in [0.5, 0.6) is 11.5 Å². The van der Waals surface area contributed by atoms with Gasteiger partial charge in [-0.2, -0.15) is 0 Å². The predicted molar refractivity (Wildman–Crippen MR) is 147 cm³/mol. The SMILES string of the molecule is CCNC(C)c1cc(C)cc(CN(C)CCCN(C)Cc2cc(C)cc(C(C)NCC)c2O)c1O. The maximum atomic E-state index is 10.9. The Morgan fingerprint density at radius 3 is 1.43 bits per heavy atom. The summed E-state index contributed by atoms with van der Waals surface area (Å²) >= 11 is 0. The second-order valence-electron chi connectivity index (χ2n) is 10.1. The van der Waals surface area contributed by atoms with Crippen molar-refractivity contribution in [3.8, 4) is 11.5 Å². The summed E-state index contributed by atoms with van der Waals surface area (Å²) in [7, 11) is 4.21. The van der Waals surface area contributed by atoms with Crippen LogP contribution in [-0.4, -0.2) is 60.3 Å². The van der Waals surface area contributed by atoms with Gasteiger partial charge in [-0.3, -0.25) is 0 Å². The molecule has 0 bridgehead atoms. The number of nitrogens with zero attached hydrogens (tertiary/aromatic N) is 2. The molecule has 0 fully saturated rings. The highest BCUT2D eigenvalue weighted by atomic mass is 16.3. The van der Waals surface area contributed by atoms with Crippen LogP contribution in [0.25, 0.3) is 0 Å². The molecule has 35 heavy (non-hydrogen) atoms. The van der Waals surface area contributed by atoms with E-state index in [0.717, 1.165) is 54.9 Å². The van der Waals surface area contributed by atoms with Crippen molar-refractivity contribution < 1.29 is 10.2 Å². The van der Waals surface area contributed by atoms with Crippen LogP contribution in [-0.2, 0) is 13.1 Å². The number of phenolic OH excluding ortho intramolecular Hbond substituents is 2. The number of rotatable bonds is 14. The van der Waals surface area contributed by atoms with Gasteiger partial charge in [0.1, 0.15) is 11.5 Å². The molecule has 4 N–H and O–H groups in total. The van der Waals surface area contributed by atoms with Gasteiger partial charge < -0.3 is 30.6 Å². The minimum absolute atomic E-state index is 0.122. The topological polar surface area (TPSA) is 71.0 Å². The molecule has 2 unspecified atom stereocenters. The molecule has 0 aliphatic rings. The van der Waals surface area contributed by atoms with Gasteiger partial charge in [0.05, 0.1) is 0 Å². The van der Waals surface area contributed by atoms with Gasteiger partial charge in [0.2, 0.25) is 0 Å². The van der Waals surface area contributed by atoms with E-state index in [2.05, 4.69) is 100 Å². The molecule has 0 saturated carbocycles. The number of hydrogen-bond acceptors (Lipinski definition) is 6. The van der Waals surface area contributed by atoms with E-state index in [9.17, 15) is 10.2 Å². The number of benzene rings is 2. The van der Waals surface area contributed by atoms with Gasteiger partial charge in [-0.25, -0.2) is 0 Å². The summed E-state index contributed by atoms with van der Waals surface area (Å²) in [6.07, 6.45) is 1.01. The number of aryl methyl sites for hydroxylation is 2. The van der Waals surface area contributed by atoms with Crippen LogP contribution in [0.4, 0.5) is 0 Å². The Morgan fingerprint density at radius 2 is 1.09 bits per heavy atom. The summed E-state index contributed by atoms with van der Waals surface area (Å²) in [5, 5.41) is 28.6. The largest absolute Gasteiger partial charge is 0.507 e. The Balaban J connectivity index is 1.94. The molecule has 2 atom stereocenters. The minimum Gasteiger partial charge on any atom is -0.507 e. The first-order valence-electron chi connectivity index (χ1n) is 13.1. The molecule has 6 heteroatoms. The molecule has 0 spiro atoms. The van der Waals surface area contributed by atoms with Gasteiger partial charge in [-0.1, -0.05) is 49.2 Å². The third-order valence-electron chi connectivity index (χ3n) is 6.64. The molecule has 196 valence electrons. The first-order chi connectivity index (χ1) is 16.6.